The highest BCUT2D eigenvalue weighted by atomic mass is 35.5. The fraction of sp³-hybridized carbons (Fsp3) is 0.400. The third-order valence-corrected chi connectivity index (χ3v) is 4.92. The Bertz CT molecular complexity index is 1010. The minimum atomic E-state index is -0.440. The summed E-state index contributed by atoms with van der Waals surface area (Å²) >= 11 is 12.1. The van der Waals surface area contributed by atoms with Crippen molar-refractivity contribution in [2.75, 3.05) is 0 Å². The van der Waals surface area contributed by atoms with Crippen LogP contribution in [0.3, 0.4) is 0 Å². The second-order valence-electron chi connectivity index (χ2n) is 8.44. The lowest BCUT2D eigenvalue weighted by Gasteiger charge is -2.26. The summed E-state index contributed by atoms with van der Waals surface area (Å²) in [6.07, 6.45) is 0. The molecule has 0 saturated heterocycles. The zero-order chi connectivity index (χ0) is 18.7. The average Bonchev–Trinajstić information content (AvgIpc) is 2.48. The Morgan fingerprint density at radius 3 is 2.16 bits per heavy atom. The molecule has 1 aromatic rings. The van der Waals surface area contributed by atoms with E-state index >= 15 is 0 Å². The smallest absolute Gasteiger partial charge is 0.219 e. The van der Waals surface area contributed by atoms with Gasteiger partial charge in [0.05, 0.1) is 5.02 Å². The zero-order valence-corrected chi connectivity index (χ0v) is 16.8. The monoisotopic (exact) mass is 377 g/mol. The van der Waals surface area contributed by atoms with Crippen molar-refractivity contribution in [1.82, 2.24) is 4.98 Å². The van der Waals surface area contributed by atoms with Gasteiger partial charge in [-0.25, -0.2) is 4.98 Å². The zero-order valence-electron chi connectivity index (χ0n) is 15.3. The molecule has 1 aromatic carbocycles. The van der Waals surface area contributed by atoms with E-state index in [0.717, 1.165) is 11.1 Å². The van der Waals surface area contributed by atoms with Crippen molar-refractivity contribution in [3.63, 3.8) is 0 Å². The summed E-state index contributed by atoms with van der Waals surface area (Å²) in [5, 5.41) is 0.0132. The average molecular weight is 378 g/mol. The summed E-state index contributed by atoms with van der Waals surface area (Å²) in [4.78, 5) is 16.7. The van der Waals surface area contributed by atoms with Gasteiger partial charge in [-0.3, -0.25) is 4.79 Å². The Balaban J connectivity index is 2.51. The Morgan fingerprint density at radius 1 is 0.960 bits per heavy atom. The fourth-order valence-corrected chi connectivity index (χ4v) is 3.26. The predicted octanol–water partition coefficient (Wildman–Crippen LogP) is 6.19. The number of aromatic nitrogens is 1. The fourth-order valence-electron chi connectivity index (χ4n) is 2.78. The van der Waals surface area contributed by atoms with Crippen molar-refractivity contribution in [3.8, 4) is 11.5 Å². The first kappa shape index (κ1) is 18.2. The van der Waals surface area contributed by atoms with E-state index in [9.17, 15) is 4.79 Å². The van der Waals surface area contributed by atoms with E-state index in [1.165, 1.54) is 11.6 Å². The van der Waals surface area contributed by atoms with Crippen molar-refractivity contribution < 1.29 is 4.42 Å². The molecule has 0 amide bonds. The van der Waals surface area contributed by atoms with Crippen molar-refractivity contribution in [2.45, 2.75) is 52.4 Å². The van der Waals surface area contributed by atoms with Crippen LogP contribution in [0.1, 0.15) is 52.7 Å². The largest absolute Gasteiger partial charge is 0.451 e. The number of hydrogen-bond donors (Lipinski definition) is 0. The minimum absolute atomic E-state index is 0.0288. The summed E-state index contributed by atoms with van der Waals surface area (Å²) in [6.45, 7) is 12.9. The van der Waals surface area contributed by atoms with Crippen LogP contribution in [0.15, 0.2) is 27.4 Å². The standard InChI is InChI=1S/C20H21Cl2NO2/c1-19(2,3)10-7-11(20(4,5)6)17-13(8-10)23-14-9-12(21)16(24)15(22)18(14)25-17/h7-9H,1-6H3. The molecule has 0 radical (unpaired) electrons. The van der Waals surface area contributed by atoms with Crippen LogP contribution in [-0.4, -0.2) is 4.98 Å². The van der Waals surface area contributed by atoms with E-state index < -0.39 is 5.43 Å². The van der Waals surface area contributed by atoms with Gasteiger partial charge in [0.15, 0.2) is 11.3 Å². The molecule has 0 aromatic heterocycles. The molecule has 0 N–H and O–H groups in total. The number of hydrogen-bond acceptors (Lipinski definition) is 3. The second-order valence-corrected chi connectivity index (χ2v) is 9.22. The Morgan fingerprint density at radius 2 is 1.60 bits per heavy atom. The molecule has 0 bridgehead atoms. The third kappa shape index (κ3) is 3.16. The summed E-state index contributed by atoms with van der Waals surface area (Å²) in [5.41, 5.74) is 3.44. The van der Waals surface area contributed by atoms with Gasteiger partial charge < -0.3 is 4.42 Å². The molecule has 1 aliphatic carbocycles. The van der Waals surface area contributed by atoms with E-state index in [1.54, 1.807) is 0 Å². The van der Waals surface area contributed by atoms with Crippen LogP contribution >= 0.6 is 23.2 Å². The maximum absolute atomic E-state index is 12.0. The van der Waals surface area contributed by atoms with Crippen LogP contribution in [0, 0.1) is 0 Å². The molecular formula is C20H21Cl2NO2. The molecule has 0 fully saturated rings. The highest BCUT2D eigenvalue weighted by molar-refractivity contribution is 6.36. The molecule has 25 heavy (non-hydrogen) atoms. The topological polar surface area (TPSA) is 43.1 Å². The van der Waals surface area contributed by atoms with Crippen LogP contribution < -0.4 is 5.43 Å². The molecule has 0 spiro atoms. The van der Waals surface area contributed by atoms with Gasteiger partial charge in [0.1, 0.15) is 16.2 Å². The highest BCUT2D eigenvalue weighted by Gasteiger charge is 2.26. The van der Waals surface area contributed by atoms with Crippen LogP contribution in [0.5, 0.6) is 0 Å². The molecule has 0 unspecified atom stereocenters. The molecule has 2 aliphatic rings. The van der Waals surface area contributed by atoms with Crippen molar-refractivity contribution in [1.29, 1.82) is 0 Å². The van der Waals surface area contributed by atoms with Gasteiger partial charge in [-0.15, -0.1) is 0 Å². The summed E-state index contributed by atoms with van der Waals surface area (Å²) in [5.74, 6) is 0.276. The Kier molecular flexibility index (Phi) is 4.17. The first-order valence-corrected chi connectivity index (χ1v) is 8.93. The first-order chi connectivity index (χ1) is 11.4. The maximum atomic E-state index is 12.0. The maximum Gasteiger partial charge on any atom is 0.219 e. The molecule has 5 heteroatoms. The lowest BCUT2D eigenvalue weighted by atomic mass is 9.80. The van der Waals surface area contributed by atoms with Gasteiger partial charge >= 0.3 is 0 Å². The number of nitrogens with zero attached hydrogens (tertiary/aromatic N) is 1. The summed E-state index contributed by atoms with van der Waals surface area (Å²) in [6, 6.07) is 5.69. The van der Waals surface area contributed by atoms with Crippen LogP contribution in [0.25, 0.3) is 22.6 Å². The van der Waals surface area contributed by atoms with E-state index in [4.69, 9.17) is 27.6 Å². The first-order valence-electron chi connectivity index (χ1n) is 8.17. The summed E-state index contributed by atoms with van der Waals surface area (Å²) in [7, 11) is 0. The number of benzene rings is 2. The quantitative estimate of drug-likeness (QED) is 0.438. The van der Waals surface area contributed by atoms with Crippen molar-refractivity contribution >= 4 is 34.3 Å². The lowest BCUT2D eigenvalue weighted by molar-refractivity contribution is 0.546. The normalized spacial score (nSPS) is 13.0. The Hall–Kier alpha value is -1.58. The number of rotatable bonds is 0. The van der Waals surface area contributed by atoms with E-state index in [-0.39, 0.29) is 26.6 Å². The molecule has 3 rings (SSSR count). The van der Waals surface area contributed by atoms with Crippen LogP contribution in [0.2, 0.25) is 10.0 Å². The van der Waals surface area contributed by atoms with Gasteiger partial charge in [-0.1, -0.05) is 70.8 Å². The second kappa shape index (κ2) is 5.72. The highest BCUT2D eigenvalue weighted by Crippen LogP contribution is 2.38. The van der Waals surface area contributed by atoms with E-state index in [0.29, 0.717) is 11.3 Å². The van der Waals surface area contributed by atoms with Crippen LogP contribution in [0.4, 0.5) is 0 Å². The van der Waals surface area contributed by atoms with Gasteiger partial charge in [0.25, 0.3) is 0 Å². The molecular weight excluding hydrogens is 357 g/mol. The number of fused-ring (bicyclic) bond motifs is 2. The third-order valence-electron chi connectivity index (χ3n) is 4.30. The van der Waals surface area contributed by atoms with Gasteiger partial charge in [-0.05, 0) is 28.5 Å². The van der Waals surface area contributed by atoms with Gasteiger partial charge in [0.2, 0.25) is 5.43 Å². The van der Waals surface area contributed by atoms with Crippen molar-refractivity contribution in [2.24, 2.45) is 0 Å². The van der Waals surface area contributed by atoms with Crippen LogP contribution in [-0.2, 0) is 10.8 Å². The summed E-state index contributed by atoms with van der Waals surface area (Å²) < 4.78 is 6.09. The van der Waals surface area contributed by atoms with E-state index in [1.807, 2.05) is 6.07 Å². The SMILES string of the molecule is CC(C)(C)c1cc(C(C)(C)C)c2oc3c(Cl)c(=O)c(Cl)cc-3nc2c1. The molecule has 1 aliphatic heterocycles. The van der Waals surface area contributed by atoms with E-state index in [2.05, 4.69) is 52.6 Å². The molecule has 3 nitrogen and oxygen atoms in total. The lowest BCUT2D eigenvalue weighted by Crippen LogP contribution is -2.17. The molecule has 0 atom stereocenters. The molecule has 0 saturated carbocycles. The molecule has 132 valence electrons. The predicted molar refractivity (Wildman–Crippen MR) is 104 cm³/mol. The molecule has 1 heterocycles. The Labute approximate surface area is 157 Å². The van der Waals surface area contributed by atoms with Gasteiger partial charge in [0, 0.05) is 5.56 Å². The van der Waals surface area contributed by atoms with Gasteiger partial charge in [-0.2, -0.15) is 0 Å². The van der Waals surface area contributed by atoms with Crippen molar-refractivity contribution in [3.05, 3.63) is 49.6 Å². The minimum Gasteiger partial charge on any atom is -0.451 e. The number of halogens is 2.